The molecule has 2 rings (SSSR count). The summed E-state index contributed by atoms with van der Waals surface area (Å²) in [6, 6.07) is 5.77. The van der Waals surface area contributed by atoms with E-state index in [2.05, 4.69) is 25.2 Å². The Morgan fingerprint density at radius 1 is 1.42 bits per heavy atom. The van der Waals surface area contributed by atoms with E-state index in [1.807, 2.05) is 12.1 Å². The van der Waals surface area contributed by atoms with Crippen LogP contribution in [0.3, 0.4) is 0 Å². The summed E-state index contributed by atoms with van der Waals surface area (Å²) in [6.45, 7) is 4.64. The number of likely N-dealkylation sites (N-methyl/N-ethyl adjacent to an activating group) is 1. The average molecular weight is 260 g/mol. The Labute approximate surface area is 113 Å². The predicted molar refractivity (Wildman–Crippen MR) is 73.6 cm³/mol. The van der Waals surface area contributed by atoms with Crippen LogP contribution in [0.15, 0.2) is 18.2 Å². The van der Waals surface area contributed by atoms with E-state index in [0.29, 0.717) is 19.4 Å². The molecule has 1 saturated heterocycles. The maximum atomic E-state index is 12.1. The van der Waals surface area contributed by atoms with Gasteiger partial charge in [0.2, 0.25) is 11.8 Å². The zero-order valence-corrected chi connectivity index (χ0v) is 11.7. The van der Waals surface area contributed by atoms with E-state index >= 15 is 0 Å². The zero-order valence-electron chi connectivity index (χ0n) is 11.7. The van der Waals surface area contributed by atoms with Crippen molar-refractivity contribution in [2.24, 2.45) is 0 Å². The molecule has 0 radical (unpaired) electrons. The third kappa shape index (κ3) is 2.78. The van der Waals surface area contributed by atoms with Crippen molar-refractivity contribution in [1.29, 1.82) is 0 Å². The Morgan fingerprint density at radius 3 is 2.79 bits per heavy atom. The summed E-state index contributed by atoms with van der Waals surface area (Å²) in [6.07, 6.45) is 1.09. The molecule has 4 heteroatoms. The van der Waals surface area contributed by atoms with E-state index in [1.54, 1.807) is 11.9 Å². The number of nitrogens with zero attached hydrogens (tertiary/aromatic N) is 1. The monoisotopic (exact) mass is 260 g/mol. The van der Waals surface area contributed by atoms with Crippen LogP contribution < -0.4 is 5.32 Å². The van der Waals surface area contributed by atoms with Gasteiger partial charge in [0.15, 0.2) is 0 Å². The Hall–Kier alpha value is -1.84. The summed E-state index contributed by atoms with van der Waals surface area (Å²) in [5.41, 5.74) is 3.55. The van der Waals surface area contributed by atoms with Crippen LogP contribution in [0.4, 0.5) is 0 Å². The molecule has 102 valence electrons. The van der Waals surface area contributed by atoms with Crippen LogP contribution in [0.5, 0.6) is 0 Å². The molecule has 1 aromatic rings. The van der Waals surface area contributed by atoms with Crippen molar-refractivity contribution in [3.8, 4) is 0 Å². The molecule has 0 aliphatic carbocycles. The molecule has 2 amide bonds. The van der Waals surface area contributed by atoms with Crippen LogP contribution in [-0.4, -0.2) is 29.8 Å². The molecule has 1 atom stereocenters. The van der Waals surface area contributed by atoms with E-state index in [0.717, 1.165) is 5.56 Å². The summed E-state index contributed by atoms with van der Waals surface area (Å²) in [5.74, 6) is -0.0128. The van der Waals surface area contributed by atoms with E-state index in [1.165, 1.54) is 11.1 Å². The highest BCUT2D eigenvalue weighted by atomic mass is 16.2. The quantitative estimate of drug-likeness (QED) is 0.896. The van der Waals surface area contributed by atoms with Gasteiger partial charge >= 0.3 is 0 Å². The lowest BCUT2D eigenvalue weighted by Crippen LogP contribution is -2.42. The number of nitrogens with one attached hydrogen (secondary N) is 1. The van der Waals surface area contributed by atoms with Gasteiger partial charge < -0.3 is 10.2 Å². The first-order valence-electron chi connectivity index (χ1n) is 6.59. The normalized spacial score (nSPS) is 18.8. The number of amides is 2. The fraction of sp³-hybridized carbons (Fsp3) is 0.467. The highest BCUT2D eigenvalue weighted by Gasteiger charge is 2.32. The molecular formula is C15H20N2O2. The van der Waals surface area contributed by atoms with Crippen LogP contribution in [-0.2, 0) is 16.1 Å². The van der Waals surface area contributed by atoms with Crippen LogP contribution in [0.2, 0.25) is 0 Å². The molecule has 0 spiro atoms. The standard InChI is InChI=1S/C15H20N2O2/c1-10-5-4-6-12(11(10)2)9-16-15(19)13-7-8-14(18)17(13)3/h4-6,13H,7-9H2,1-3H3,(H,16,19). The fourth-order valence-electron chi connectivity index (χ4n) is 2.41. The van der Waals surface area contributed by atoms with E-state index in [4.69, 9.17) is 0 Å². The molecule has 0 bridgehead atoms. The number of rotatable bonds is 3. The van der Waals surface area contributed by atoms with E-state index in [-0.39, 0.29) is 17.9 Å². The Kier molecular flexibility index (Phi) is 3.88. The molecule has 0 saturated carbocycles. The van der Waals surface area contributed by atoms with Gasteiger partial charge in [0.05, 0.1) is 0 Å². The molecule has 1 fully saturated rings. The lowest BCUT2D eigenvalue weighted by Gasteiger charge is -2.19. The zero-order chi connectivity index (χ0) is 14.0. The fourth-order valence-corrected chi connectivity index (χ4v) is 2.41. The maximum absolute atomic E-state index is 12.1. The third-order valence-electron chi connectivity index (χ3n) is 3.97. The van der Waals surface area contributed by atoms with Gasteiger partial charge in [-0.05, 0) is 37.0 Å². The van der Waals surface area contributed by atoms with Gasteiger partial charge in [-0.1, -0.05) is 18.2 Å². The van der Waals surface area contributed by atoms with Crippen molar-refractivity contribution < 1.29 is 9.59 Å². The molecule has 0 aromatic heterocycles. The third-order valence-corrected chi connectivity index (χ3v) is 3.97. The van der Waals surface area contributed by atoms with Crippen molar-refractivity contribution in [3.63, 3.8) is 0 Å². The molecule has 19 heavy (non-hydrogen) atoms. The van der Waals surface area contributed by atoms with Crippen LogP contribution >= 0.6 is 0 Å². The topological polar surface area (TPSA) is 49.4 Å². The van der Waals surface area contributed by atoms with Crippen molar-refractivity contribution in [2.45, 2.75) is 39.3 Å². The molecule has 1 unspecified atom stereocenters. The van der Waals surface area contributed by atoms with E-state index in [9.17, 15) is 9.59 Å². The highest BCUT2D eigenvalue weighted by Crippen LogP contribution is 2.17. The van der Waals surface area contributed by atoms with Crippen molar-refractivity contribution in [2.75, 3.05) is 7.05 Å². The van der Waals surface area contributed by atoms with Crippen LogP contribution in [0, 0.1) is 13.8 Å². The summed E-state index contributed by atoms with van der Waals surface area (Å²) in [7, 11) is 1.69. The molecule has 1 N–H and O–H groups in total. The van der Waals surface area contributed by atoms with Gasteiger partial charge in [-0.25, -0.2) is 0 Å². The average Bonchev–Trinajstić information content (AvgIpc) is 2.72. The summed E-state index contributed by atoms with van der Waals surface area (Å²) >= 11 is 0. The minimum absolute atomic E-state index is 0.0480. The molecule has 1 aliphatic rings. The summed E-state index contributed by atoms with van der Waals surface area (Å²) < 4.78 is 0. The number of aryl methyl sites for hydroxylation is 1. The molecule has 1 aliphatic heterocycles. The smallest absolute Gasteiger partial charge is 0.243 e. The molecule has 1 aromatic carbocycles. The molecule has 1 heterocycles. The van der Waals surface area contributed by atoms with Crippen molar-refractivity contribution in [1.82, 2.24) is 10.2 Å². The first-order chi connectivity index (χ1) is 9.00. The Bertz CT molecular complexity index is 511. The van der Waals surface area contributed by atoms with Crippen molar-refractivity contribution >= 4 is 11.8 Å². The summed E-state index contributed by atoms with van der Waals surface area (Å²) in [5, 5.41) is 2.93. The second-order valence-electron chi connectivity index (χ2n) is 5.14. The lowest BCUT2D eigenvalue weighted by molar-refractivity contribution is -0.133. The van der Waals surface area contributed by atoms with Gasteiger partial charge in [0, 0.05) is 20.0 Å². The predicted octanol–water partition coefficient (Wildman–Crippen LogP) is 1.54. The Morgan fingerprint density at radius 2 is 2.16 bits per heavy atom. The van der Waals surface area contributed by atoms with Crippen LogP contribution in [0.1, 0.15) is 29.5 Å². The second kappa shape index (κ2) is 5.43. The number of likely N-dealkylation sites (tertiary alicyclic amines) is 1. The van der Waals surface area contributed by atoms with Gasteiger partial charge in [0.25, 0.3) is 0 Å². The minimum Gasteiger partial charge on any atom is -0.350 e. The number of hydrogen-bond acceptors (Lipinski definition) is 2. The first kappa shape index (κ1) is 13.6. The van der Waals surface area contributed by atoms with Gasteiger partial charge in [-0.15, -0.1) is 0 Å². The summed E-state index contributed by atoms with van der Waals surface area (Å²) in [4.78, 5) is 25.0. The lowest BCUT2D eigenvalue weighted by atomic mass is 10.0. The number of hydrogen-bond donors (Lipinski definition) is 1. The largest absolute Gasteiger partial charge is 0.350 e. The van der Waals surface area contributed by atoms with Gasteiger partial charge in [0.1, 0.15) is 6.04 Å². The SMILES string of the molecule is Cc1cccc(CNC(=O)C2CCC(=O)N2C)c1C. The number of carbonyl (C=O) groups excluding carboxylic acids is 2. The van der Waals surface area contributed by atoms with Gasteiger partial charge in [-0.3, -0.25) is 9.59 Å². The Balaban J connectivity index is 1.97. The molecular weight excluding hydrogens is 240 g/mol. The maximum Gasteiger partial charge on any atom is 0.243 e. The van der Waals surface area contributed by atoms with Gasteiger partial charge in [-0.2, -0.15) is 0 Å². The number of carbonyl (C=O) groups is 2. The first-order valence-corrected chi connectivity index (χ1v) is 6.59. The van der Waals surface area contributed by atoms with Crippen molar-refractivity contribution in [3.05, 3.63) is 34.9 Å². The highest BCUT2D eigenvalue weighted by molar-refractivity contribution is 5.90. The van der Waals surface area contributed by atoms with Crippen LogP contribution in [0.25, 0.3) is 0 Å². The second-order valence-corrected chi connectivity index (χ2v) is 5.14. The molecule has 4 nitrogen and oxygen atoms in total. The number of benzene rings is 1. The minimum atomic E-state index is -0.308. The van der Waals surface area contributed by atoms with E-state index < -0.39 is 0 Å².